The van der Waals surface area contributed by atoms with Crippen molar-refractivity contribution in [3.05, 3.63) is 22.2 Å². The summed E-state index contributed by atoms with van der Waals surface area (Å²) >= 11 is 3.52. The number of hydrogen-bond acceptors (Lipinski definition) is 5. The lowest BCUT2D eigenvalue weighted by atomic mass is 9.97. The maximum atomic E-state index is 12.7. The van der Waals surface area contributed by atoms with Gasteiger partial charge in [-0.05, 0) is 37.5 Å². The number of carbonyl (C=O) groups is 1. The van der Waals surface area contributed by atoms with Crippen molar-refractivity contribution in [2.45, 2.75) is 25.8 Å². The van der Waals surface area contributed by atoms with E-state index < -0.39 is 10.0 Å². The first-order valence-electron chi connectivity index (χ1n) is 8.60. The van der Waals surface area contributed by atoms with E-state index in [1.165, 1.54) is 10.6 Å². The molecule has 1 saturated heterocycles. The molecule has 1 fully saturated rings. The summed E-state index contributed by atoms with van der Waals surface area (Å²) in [5.74, 6) is 0.877. The van der Waals surface area contributed by atoms with Crippen LogP contribution in [-0.4, -0.2) is 51.2 Å². The number of ether oxygens (including phenoxy) is 2. The molecule has 1 aromatic carbocycles. The standard InChI is InChI=1S/C17H23BrN2O5S/c1-11(13-8-15-16(9-14(13)18)25-7-6-24-15)19-17(21)12-4-3-5-20(10-12)26(2,22)23/h8-9,11-12H,3-7,10H2,1-2H3,(H,19,21). The van der Waals surface area contributed by atoms with Gasteiger partial charge in [-0.25, -0.2) is 12.7 Å². The minimum absolute atomic E-state index is 0.132. The van der Waals surface area contributed by atoms with Gasteiger partial charge >= 0.3 is 0 Å². The number of halogens is 1. The summed E-state index contributed by atoms with van der Waals surface area (Å²) in [5, 5.41) is 3.00. The molecule has 2 aliphatic heterocycles. The number of hydrogen-bond donors (Lipinski definition) is 1. The summed E-state index contributed by atoms with van der Waals surface area (Å²) in [5.41, 5.74) is 0.887. The number of rotatable bonds is 4. The zero-order valence-corrected chi connectivity index (χ0v) is 17.2. The zero-order valence-electron chi connectivity index (χ0n) is 14.8. The zero-order chi connectivity index (χ0) is 18.9. The van der Waals surface area contributed by atoms with E-state index in [2.05, 4.69) is 21.2 Å². The molecule has 144 valence electrons. The van der Waals surface area contributed by atoms with Crippen molar-refractivity contribution in [2.24, 2.45) is 5.92 Å². The third kappa shape index (κ3) is 4.32. The third-order valence-corrected chi connectivity index (χ3v) is 6.67. The van der Waals surface area contributed by atoms with E-state index in [1.54, 1.807) is 0 Å². The van der Waals surface area contributed by atoms with Crippen LogP contribution in [0.3, 0.4) is 0 Å². The number of nitrogens with one attached hydrogen (secondary N) is 1. The number of carbonyl (C=O) groups excluding carboxylic acids is 1. The highest BCUT2D eigenvalue weighted by molar-refractivity contribution is 9.10. The monoisotopic (exact) mass is 446 g/mol. The molecule has 1 amide bonds. The molecule has 2 atom stereocenters. The van der Waals surface area contributed by atoms with Gasteiger partial charge < -0.3 is 14.8 Å². The van der Waals surface area contributed by atoms with Gasteiger partial charge in [-0.15, -0.1) is 0 Å². The smallest absolute Gasteiger partial charge is 0.224 e. The average Bonchev–Trinajstić information content (AvgIpc) is 2.60. The molecule has 26 heavy (non-hydrogen) atoms. The molecule has 0 bridgehead atoms. The molecule has 0 aromatic heterocycles. The normalized spacial score (nSPS) is 21.9. The fourth-order valence-corrected chi connectivity index (χ4v) is 4.86. The Morgan fingerprint density at radius 1 is 1.31 bits per heavy atom. The van der Waals surface area contributed by atoms with Crippen LogP contribution in [0.1, 0.15) is 31.4 Å². The molecule has 1 N–H and O–H groups in total. The number of nitrogens with zero attached hydrogens (tertiary/aromatic N) is 1. The number of benzene rings is 1. The first-order valence-corrected chi connectivity index (χ1v) is 11.2. The summed E-state index contributed by atoms with van der Waals surface area (Å²) in [6, 6.07) is 3.47. The summed E-state index contributed by atoms with van der Waals surface area (Å²) < 4.78 is 36.9. The second kappa shape index (κ2) is 7.74. The predicted molar refractivity (Wildman–Crippen MR) is 101 cm³/mol. The summed E-state index contributed by atoms with van der Waals surface area (Å²) in [4.78, 5) is 12.7. The van der Waals surface area contributed by atoms with Gasteiger partial charge in [-0.1, -0.05) is 15.9 Å². The highest BCUT2D eigenvalue weighted by Crippen LogP contribution is 2.38. The summed E-state index contributed by atoms with van der Waals surface area (Å²) in [7, 11) is -3.27. The van der Waals surface area contributed by atoms with Gasteiger partial charge in [-0.2, -0.15) is 0 Å². The third-order valence-electron chi connectivity index (χ3n) is 4.71. The van der Waals surface area contributed by atoms with Crippen LogP contribution in [0.25, 0.3) is 0 Å². The van der Waals surface area contributed by atoms with Gasteiger partial charge in [0, 0.05) is 17.6 Å². The molecular formula is C17H23BrN2O5S. The molecule has 0 radical (unpaired) electrons. The van der Waals surface area contributed by atoms with Crippen LogP contribution in [-0.2, 0) is 14.8 Å². The van der Waals surface area contributed by atoms with Crippen molar-refractivity contribution in [3.63, 3.8) is 0 Å². The highest BCUT2D eigenvalue weighted by atomic mass is 79.9. The van der Waals surface area contributed by atoms with Crippen LogP contribution in [0, 0.1) is 5.92 Å². The largest absolute Gasteiger partial charge is 0.486 e. The van der Waals surface area contributed by atoms with Crippen molar-refractivity contribution in [3.8, 4) is 11.5 Å². The molecule has 3 rings (SSSR count). The molecule has 0 aliphatic carbocycles. The lowest BCUT2D eigenvalue weighted by molar-refractivity contribution is -0.126. The topological polar surface area (TPSA) is 84.9 Å². The van der Waals surface area contributed by atoms with Gasteiger partial charge in [0.1, 0.15) is 13.2 Å². The summed E-state index contributed by atoms with van der Waals surface area (Å²) in [6.07, 6.45) is 2.56. The van der Waals surface area contributed by atoms with E-state index in [1.807, 2.05) is 19.1 Å². The number of piperidine rings is 1. The maximum absolute atomic E-state index is 12.7. The molecule has 0 spiro atoms. The molecule has 0 saturated carbocycles. The predicted octanol–water partition coefficient (Wildman–Crippen LogP) is 2.07. The van der Waals surface area contributed by atoms with Gasteiger partial charge in [0.05, 0.1) is 18.2 Å². The minimum atomic E-state index is -3.27. The molecule has 1 aromatic rings. The van der Waals surface area contributed by atoms with Gasteiger partial charge in [0.25, 0.3) is 0 Å². The molecule has 2 unspecified atom stereocenters. The fourth-order valence-electron chi connectivity index (χ4n) is 3.28. The van der Waals surface area contributed by atoms with Crippen LogP contribution in [0.2, 0.25) is 0 Å². The van der Waals surface area contributed by atoms with Crippen LogP contribution in [0.15, 0.2) is 16.6 Å². The van der Waals surface area contributed by atoms with Gasteiger partial charge in [0.2, 0.25) is 15.9 Å². The molecule has 9 heteroatoms. The van der Waals surface area contributed by atoms with E-state index in [-0.39, 0.29) is 24.4 Å². The van der Waals surface area contributed by atoms with Crippen LogP contribution in [0.5, 0.6) is 11.5 Å². The average molecular weight is 447 g/mol. The van der Waals surface area contributed by atoms with Crippen molar-refractivity contribution in [1.29, 1.82) is 0 Å². The van der Waals surface area contributed by atoms with Crippen molar-refractivity contribution < 1.29 is 22.7 Å². The molecule has 7 nitrogen and oxygen atoms in total. The second-order valence-corrected chi connectivity index (χ2v) is 9.54. The number of amides is 1. The minimum Gasteiger partial charge on any atom is -0.486 e. The Balaban J connectivity index is 1.69. The first-order chi connectivity index (χ1) is 12.3. The fraction of sp³-hybridized carbons (Fsp3) is 0.588. The van der Waals surface area contributed by atoms with E-state index in [9.17, 15) is 13.2 Å². The quantitative estimate of drug-likeness (QED) is 0.764. The van der Waals surface area contributed by atoms with Gasteiger partial charge in [-0.3, -0.25) is 4.79 Å². The lowest BCUT2D eigenvalue weighted by Crippen LogP contribution is -2.45. The highest BCUT2D eigenvalue weighted by Gasteiger charge is 2.31. The van der Waals surface area contributed by atoms with Crippen molar-refractivity contribution in [1.82, 2.24) is 9.62 Å². The SMILES string of the molecule is CC(NC(=O)C1CCCN(S(C)(=O)=O)C1)c1cc2c(cc1Br)OCCO2. The Hall–Kier alpha value is -1.32. The molecular weight excluding hydrogens is 424 g/mol. The van der Waals surface area contributed by atoms with Crippen LogP contribution in [0.4, 0.5) is 0 Å². The van der Waals surface area contributed by atoms with Gasteiger partial charge in [0.15, 0.2) is 11.5 Å². The van der Waals surface area contributed by atoms with Crippen LogP contribution >= 0.6 is 15.9 Å². The Morgan fingerprint density at radius 3 is 2.62 bits per heavy atom. The van der Waals surface area contributed by atoms with E-state index in [4.69, 9.17) is 9.47 Å². The van der Waals surface area contributed by atoms with Crippen LogP contribution < -0.4 is 14.8 Å². The molecule has 2 aliphatic rings. The number of fused-ring (bicyclic) bond motifs is 1. The van der Waals surface area contributed by atoms with E-state index in [0.29, 0.717) is 44.1 Å². The van der Waals surface area contributed by atoms with Crippen molar-refractivity contribution in [2.75, 3.05) is 32.6 Å². The summed E-state index contributed by atoms with van der Waals surface area (Å²) in [6.45, 7) is 3.62. The second-order valence-electron chi connectivity index (χ2n) is 6.71. The maximum Gasteiger partial charge on any atom is 0.224 e. The van der Waals surface area contributed by atoms with E-state index in [0.717, 1.165) is 10.0 Å². The Morgan fingerprint density at radius 2 is 1.96 bits per heavy atom. The number of sulfonamides is 1. The Bertz CT molecular complexity index is 799. The Kier molecular flexibility index (Phi) is 5.78. The molecule has 2 heterocycles. The lowest BCUT2D eigenvalue weighted by Gasteiger charge is -2.31. The first kappa shape index (κ1) is 19.4. The van der Waals surface area contributed by atoms with Crippen molar-refractivity contribution >= 4 is 31.9 Å². The Labute approximate surface area is 162 Å². The van der Waals surface area contributed by atoms with E-state index >= 15 is 0 Å².